The Morgan fingerprint density at radius 1 is 1.07 bits per heavy atom. The summed E-state index contributed by atoms with van der Waals surface area (Å²) in [6.45, 7) is 9.19. The van der Waals surface area contributed by atoms with Gasteiger partial charge in [0.2, 0.25) is 5.91 Å². The highest BCUT2D eigenvalue weighted by Crippen LogP contribution is 2.28. The van der Waals surface area contributed by atoms with Crippen LogP contribution in [0.15, 0.2) is 30.9 Å². The van der Waals surface area contributed by atoms with E-state index in [1.807, 2.05) is 9.58 Å². The van der Waals surface area contributed by atoms with E-state index in [4.69, 9.17) is 0 Å². The predicted molar refractivity (Wildman–Crippen MR) is 105 cm³/mol. The highest BCUT2D eigenvalue weighted by atomic mass is 16.2. The van der Waals surface area contributed by atoms with Gasteiger partial charge in [0.25, 0.3) is 0 Å². The van der Waals surface area contributed by atoms with E-state index in [0.717, 1.165) is 64.3 Å². The van der Waals surface area contributed by atoms with Crippen molar-refractivity contribution in [3.05, 3.63) is 42.0 Å². The zero-order chi connectivity index (χ0) is 18.6. The summed E-state index contributed by atoms with van der Waals surface area (Å²) in [5.41, 5.74) is 3.70. The van der Waals surface area contributed by atoms with E-state index in [0.29, 0.717) is 6.54 Å². The molecule has 0 saturated carbocycles. The lowest BCUT2D eigenvalue weighted by Crippen LogP contribution is -2.51. The van der Waals surface area contributed by atoms with Gasteiger partial charge in [0.15, 0.2) is 0 Å². The van der Waals surface area contributed by atoms with Crippen LogP contribution in [0.4, 0.5) is 5.69 Å². The number of amides is 1. The number of rotatable bonds is 5. The standard InChI is InChI=1S/C20H28N6O/c1-17-4-5-19-18(13-17)3-2-6-26(19)20(27)14-24-9-7-23(8-10-24)11-12-25-16-21-15-22-25/h4-5,13,15-16H,2-3,6-12,14H2,1H3. The van der Waals surface area contributed by atoms with Crippen molar-refractivity contribution < 1.29 is 4.79 Å². The fraction of sp³-hybridized carbons (Fsp3) is 0.550. The fourth-order valence-electron chi connectivity index (χ4n) is 4.02. The molecule has 2 aliphatic heterocycles. The van der Waals surface area contributed by atoms with Crippen molar-refractivity contribution in [3.63, 3.8) is 0 Å². The first-order chi connectivity index (χ1) is 13.2. The third-order valence-electron chi connectivity index (χ3n) is 5.59. The molecule has 1 aromatic carbocycles. The number of anilines is 1. The number of benzene rings is 1. The van der Waals surface area contributed by atoms with E-state index in [1.54, 1.807) is 12.7 Å². The molecule has 144 valence electrons. The van der Waals surface area contributed by atoms with Gasteiger partial charge >= 0.3 is 0 Å². The Bertz CT molecular complexity index is 767. The minimum Gasteiger partial charge on any atom is -0.311 e. The molecule has 0 unspecified atom stereocenters. The molecule has 27 heavy (non-hydrogen) atoms. The Labute approximate surface area is 160 Å². The summed E-state index contributed by atoms with van der Waals surface area (Å²) in [5, 5.41) is 4.15. The largest absolute Gasteiger partial charge is 0.311 e. The zero-order valence-corrected chi connectivity index (χ0v) is 16.0. The number of carbonyl (C=O) groups is 1. The molecule has 1 aromatic heterocycles. The van der Waals surface area contributed by atoms with Gasteiger partial charge in [0.05, 0.1) is 13.1 Å². The summed E-state index contributed by atoms with van der Waals surface area (Å²) in [5.74, 6) is 0.232. The minimum absolute atomic E-state index is 0.232. The molecule has 0 radical (unpaired) electrons. The van der Waals surface area contributed by atoms with Crippen molar-refractivity contribution in [2.45, 2.75) is 26.3 Å². The second-order valence-corrected chi connectivity index (χ2v) is 7.56. The molecule has 0 N–H and O–H groups in total. The lowest BCUT2D eigenvalue weighted by Gasteiger charge is -2.36. The quantitative estimate of drug-likeness (QED) is 0.793. The summed E-state index contributed by atoms with van der Waals surface area (Å²) in [7, 11) is 0. The molecule has 0 spiro atoms. The van der Waals surface area contributed by atoms with Gasteiger partial charge in [-0.15, -0.1) is 0 Å². The molecule has 3 heterocycles. The Kier molecular flexibility index (Phi) is 5.50. The maximum absolute atomic E-state index is 12.9. The van der Waals surface area contributed by atoms with E-state index < -0.39 is 0 Å². The Balaban J connectivity index is 1.28. The Morgan fingerprint density at radius 3 is 2.67 bits per heavy atom. The van der Waals surface area contributed by atoms with Gasteiger partial charge in [-0.1, -0.05) is 17.7 Å². The molecular weight excluding hydrogens is 340 g/mol. The van der Waals surface area contributed by atoms with Crippen molar-refractivity contribution >= 4 is 11.6 Å². The molecule has 7 heteroatoms. The average Bonchev–Trinajstić information content (AvgIpc) is 3.20. The number of piperazine rings is 1. The van der Waals surface area contributed by atoms with E-state index >= 15 is 0 Å². The molecule has 0 aliphatic carbocycles. The Hall–Kier alpha value is -2.25. The first-order valence-electron chi connectivity index (χ1n) is 9.86. The van der Waals surface area contributed by atoms with Crippen LogP contribution >= 0.6 is 0 Å². The molecule has 0 atom stereocenters. The van der Waals surface area contributed by atoms with Crippen LogP contribution in [-0.2, 0) is 17.8 Å². The zero-order valence-electron chi connectivity index (χ0n) is 16.0. The van der Waals surface area contributed by atoms with Gasteiger partial charge < -0.3 is 4.90 Å². The average molecular weight is 368 g/mol. The summed E-state index contributed by atoms with van der Waals surface area (Å²) in [6, 6.07) is 6.45. The fourth-order valence-corrected chi connectivity index (χ4v) is 4.02. The van der Waals surface area contributed by atoms with Gasteiger partial charge in [-0.05, 0) is 31.4 Å². The maximum atomic E-state index is 12.9. The van der Waals surface area contributed by atoms with Crippen molar-refractivity contribution in [2.75, 3.05) is 50.7 Å². The predicted octanol–water partition coefficient (Wildman–Crippen LogP) is 1.18. The minimum atomic E-state index is 0.232. The lowest BCUT2D eigenvalue weighted by atomic mass is 9.99. The second kappa shape index (κ2) is 8.19. The van der Waals surface area contributed by atoms with Gasteiger partial charge in [0.1, 0.15) is 12.7 Å². The number of hydrogen-bond donors (Lipinski definition) is 0. The molecule has 1 saturated heterocycles. The Morgan fingerprint density at radius 2 is 1.89 bits per heavy atom. The van der Waals surface area contributed by atoms with E-state index in [-0.39, 0.29) is 5.91 Å². The molecule has 1 fully saturated rings. The third-order valence-corrected chi connectivity index (χ3v) is 5.59. The van der Waals surface area contributed by atoms with Gasteiger partial charge in [-0.25, -0.2) is 4.98 Å². The molecule has 2 aliphatic rings. The summed E-state index contributed by atoms with van der Waals surface area (Å²) >= 11 is 0. The number of aryl methyl sites for hydroxylation is 2. The molecule has 2 aromatic rings. The van der Waals surface area contributed by atoms with Gasteiger partial charge in [-0.3, -0.25) is 19.3 Å². The van der Waals surface area contributed by atoms with Gasteiger partial charge in [0, 0.05) is 45.0 Å². The van der Waals surface area contributed by atoms with Crippen LogP contribution in [0.2, 0.25) is 0 Å². The van der Waals surface area contributed by atoms with Crippen LogP contribution in [0.1, 0.15) is 17.5 Å². The number of fused-ring (bicyclic) bond motifs is 1. The first kappa shape index (κ1) is 18.1. The highest BCUT2D eigenvalue weighted by molar-refractivity contribution is 5.96. The van der Waals surface area contributed by atoms with Crippen LogP contribution in [0.25, 0.3) is 0 Å². The monoisotopic (exact) mass is 368 g/mol. The normalized spacial score (nSPS) is 18.5. The highest BCUT2D eigenvalue weighted by Gasteiger charge is 2.25. The third kappa shape index (κ3) is 4.36. The number of carbonyl (C=O) groups excluding carboxylic acids is 1. The van der Waals surface area contributed by atoms with E-state index in [2.05, 4.69) is 45.0 Å². The maximum Gasteiger partial charge on any atom is 0.241 e. The molecular formula is C20H28N6O. The molecule has 1 amide bonds. The van der Waals surface area contributed by atoms with Gasteiger partial charge in [-0.2, -0.15) is 5.10 Å². The smallest absolute Gasteiger partial charge is 0.241 e. The number of hydrogen-bond acceptors (Lipinski definition) is 5. The topological polar surface area (TPSA) is 57.5 Å². The van der Waals surface area contributed by atoms with E-state index in [1.165, 1.54) is 11.1 Å². The summed E-state index contributed by atoms with van der Waals surface area (Å²) < 4.78 is 1.87. The van der Waals surface area contributed by atoms with Crippen molar-refractivity contribution in [1.29, 1.82) is 0 Å². The van der Waals surface area contributed by atoms with Crippen molar-refractivity contribution in [3.8, 4) is 0 Å². The summed E-state index contributed by atoms with van der Waals surface area (Å²) in [6.07, 6.45) is 5.46. The first-order valence-corrected chi connectivity index (χ1v) is 9.86. The van der Waals surface area contributed by atoms with Crippen molar-refractivity contribution in [2.24, 2.45) is 0 Å². The van der Waals surface area contributed by atoms with E-state index in [9.17, 15) is 4.79 Å². The second-order valence-electron chi connectivity index (χ2n) is 7.56. The molecule has 0 bridgehead atoms. The van der Waals surface area contributed by atoms with Crippen LogP contribution in [0, 0.1) is 6.92 Å². The van der Waals surface area contributed by atoms with Crippen LogP contribution in [0.3, 0.4) is 0 Å². The SMILES string of the molecule is Cc1ccc2c(c1)CCCN2C(=O)CN1CCN(CCn2cncn2)CC1. The number of nitrogens with zero attached hydrogens (tertiary/aromatic N) is 6. The summed E-state index contributed by atoms with van der Waals surface area (Å²) in [4.78, 5) is 23.6. The van der Waals surface area contributed by atoms with Crippen LogP contribution in [0.5, 0.6) is 0 Å². The lowest BCUT2D eigenvalue weighted by molar-refractivity contribution is -0.120. The van der Waals surface area contributed by atoms with Crippen molar-refractivity contribution in [1.82, 2.24) is 24.6 Å². The van der Waals surface area contributed by atoms with Crippen LogP contribution in [-0.4, -0.2) is 76.3 Å². The van der Waals surface area contributed by atoms with Crippen LogP contribution < -0.4 is 4.90 Å². The molecule has 4 rings (SSSR count). The number of aromatic nitrogens is 3. The molecule has 7 nitrogen and oxygen atoms in total.